The monoisotopic (exact) mass is 298 g/mol. The number of aromatic nitrogens is 2. The molecule has 0 atom stereocenters. The second-order valence-corrected chi connectivity index (χ2v) is 5.22. The molecule has 0 aliphatic rings. The first-order valence-corrected chi connectivity index (χ1v) is 7.76. The minimum absolute atomic E-state index is 0.203. The van der Waals surface area contributed by atoms with E-state index >= 15 is 0 Å². The van der Waals surface area contributed by atoms with Crippen molar-refractivity contribution < 1.29 is 9.53 Å². The van der Waals surface area contributed by atoms with Gasteiger partial charge in [-0.1, -0.05) is 63.5 Å². The summed E-state index contributed by atoms with van der Waals surface area (Å²) in [6.45, 7) is 2.66. The maximum atomic E-state index is 11.6. The van der Waals surface area contributed by atoms with Crippen molar-refractivity contribution in [2.24, 2.45) is 0 Å². The molecule has 112 valence electrons. The Morgan fingerprint density at radius 3 is 2.30 bits per heavy atom. The van der Waals surface area contributed by atoms with E-state index in [0.717, 1.165) is 12.8 Å². The van der Waals surface area contributed by atoms with Crippen LogP contribution in [0.5, 0.6) is 0 Å². The van der Waals surface area contributed by atoms with Gasteiger partial charge >= 0.3 is 5.97 Å². The van der Waals surface area contributed by atoms with Gasteiger partial charge in [0.2, 0.25) is 0 Å². The van der Waals surface area contributed by atoms with Crippen molar-refractivity contribution >= 4 is 17.6 Å². The molecule has 0 spiro atoms. The molecule has 0 saturated carbocycles. The van der Waals surface area contributed by atoms with E-state index in [4.69, 9.17) is 16.3 Å². The molecule has 0 radical (unpaired) electrons. The average Bonchev–Trinajstić information content (AvgIpc) is 2.46. The maximum Gasteiger partial charge on any atom is 0.358 e. The molecule has 0 aliphatic heterocycles. The fourth-order valence-corrected chi connectivity index (χ4v) is 1.99. The molecular formula is C15H23ClN2O2. The third-order valence-electron chi connectivity index (χ3n) is 3.06. The lowest BCUT2D eigenvalue weighted by molar-refractivity contribution is 0.0490. The third kappa shape index (κ3) is 7.43. The molecule has 0 amide bonds. The lowest BCUT2D eigenvalue weighted by Gasteiger charge is -2.04. The molecule has 1 aromatic rings. The number of hydrogen-bond acceptors (Lipinski definition) is 4. The van der Waals surface area contributed by atoms with Crippen molar-refractivity contribution in [3.05, 3.63) is 23.2 Å². The molecule has 1 heterocycles. The second-order valence-electron chi connectivity index (χ2n) is 4.84. The summed E-state index contributed by atoms with van der Waals surface area (Å²) >= 11 is 5.60. The molecule has 0 aliphatic carbocycles. The van der Waals surface area contributed by atoms with Crippen molar-refractivity contribution in [2.45, 2.75) is 58.3 Å². The smallest absolute Gasteiger partial charge is 0.358 e. The van der Waals surface area contributed by atoms with Crippen molar-refractivity contribution in [3.8, 4) is 0 Å². The number of halogens is 1. The summed E-state index contributed by atoms with van der Waals surface area (Å²) in [6, 6.07) is 0. The van der Waals surface area contributed by atoms with Gasteiger partial charge in [0.1, 0.15) is 5.15 Å². The summed E-state index contributed by atoms with van der Waals surface area (Å²) in [5, 5.41) is 0.268. The lowest BCUT2D eigenvalue weighted by Crippen LogP contribution is -2.08. The highest BCUT2D eigenvalue weighted by Crippen LogP contribution is 2.09. The predicted octanol–water partition coefficient (Wildman–Crippen LogP) is 4.43. The number of nitrogens with zero attached hydrogens (tertiary/aromatic N) is 2. The molecule has 0 saturated heterocycles. The van der Waals surface area contributed by atoms with E-state index < -0.39 is 5.97 Å². The van der Waals surface area contributed by atoms with Crippen molar-refractivity contribution in [1.82, 2.24) is 9.97 Å². The van der Waals surface area contributed by atoms with Gasteiger partial charge in [0.05, 0.1) is 19.0 Å². The maximum absolute atomic E-state index is 11.6. The van der Waals surface area contributed by atoms with Crippen LogP contribution in [0.2, 0.25) is 5.15 Å². The summed E-state index contributed by atoms with van der Waals surface area (Å²) in [5.74, 6) is -0.433. The van der Waals surface area contributed by atoms with Crippen LogP contribution in [0, 0.1) is 0 Å². The molecular weight excluding hydrogens is 276 g/mol. The lowest BCUT2D eigenvalue weighted by atomic mass is 10.1. The Morgan fingerprint density at radius 2 is 1.70 bits per heavy atom. The zero-order valence-corrected chi connectivity index (χ0v) is 12.9. The predicted molar refractivity (Wildman–Crippen MR) is 79.9 cm³/mol. The SMILES string of the molecule is CCCCCCCCCCOC(=O)c1cnc(Cl)cn1. The van der Waals surface area contributed by atoms with E-state index in [9.17, 15) is 4.79 Å². The molecule has 0 N–H and O–H groups in total. The summed E-state index contributed by atoms with van der Waals surface area (Å²) in [6.07, 6.45) is 12.4. The molecule has 1 rings (SSSR count). The summed E-state index contributed by atoms with van der Waals surface area (Å²) in [7, 11) is 0. The molecule has 5 heteroatoms. The Morgan fingerprint density at radius 1 is 1.05 bits per heavy atom. The highest BCUT2D eigenvalue weighted by Gasteiger charge is 2.08. The number of ether oxygens (including phenoxy) is 1. The van der Waals surface area contributed by atoms with Gasteiger partial charge in [-0.3, -0.25) is 0 Å². The topological polar surface area (TPSA) is 52.1 Å². The van der Waals surface area contributed by atoms with Gasteiger partial charge in [-0.2, -0.15) is 0 Å². The zero-order valence-electron chi connectivity index (χ0n) is 12.1. The van der Waals surface area contributed by atoms with Crippen LogP contribution in [0.3, 0.4) is 0 Å². The van der Waals surface area contributed by atoms with E-state index in [1.165, 1.54) is 50.9 Å². The van der Waals surface area contributed by atoms with E-state index in [0.29, 0.717) is 6.61 Å². The van der Waals surface area contributed by atoms with Gasteiger partial charge in [0, 0.05) is 0 Å². The first-order valence-electron chi connectivity index (χ1n) is 7.38. The first kappa shape index (κ1) is 16.9. The van der Waals surface area contributed by atoms with Crippen molar-refractivity contribution in [1.29, 1.82) is 0 Å². The van der Waals surface area contributed by atoms with Crippen molar-refractivity contribution in [2.75, 3.05) is 6.61 Å². The molecule has 20 heavy (non-hydrogen) atoms. The highest BCUT2D eigenvalue weighted by molar-refractivity contribution is 6.29. The Balaban J connectivity index is 2.01. The summed E-state index contributed by atoms with van der Waals surface area (Å²) < 4.78 is 5.13. The van der Waals surface area contributed by atoms with Crippen LogP contribution < -0.4 is 0 Å². The van der Waals surface area contributed by atoms with Gasteiger partial charge in [-0.05, 0) is 6.42 Å². The van der Waals surface area contributed by atoms with Crippen LogP contribution in [0.4, 0.5) is 0 Å². The number of esters is 1. The van der Waals surface area contributed by atoms with E-state index in [1.807, 2.05) is 0 Å². The number of hydrogen-bond donors (Lipinski definition) is 0. The van der Waals surface area contributed by atoms with Crippen LogP contribution in [-0.2, 0) is 4.74 Å². The molecule has 0 unspecified atom stereocenters. The van der Waals surface area contributed by atoms with Gasteiger partial charge in [-0.15, -0.1) is 0 Å². The standard InChI is InChI=1S/C15H23ClN2O2/c1-2-3-4-5-6-7-8-9-10-20-15(19)13-11-18-14(16)12-17-13/h11-12H,2-10H2,1H3. The fraction of sp³-hybridized carbons (Fsp3) is 0.667. The molecule has 0 aromatic carbocycles. The van der Waals surface area contributed by atoms with Crippen LogP contribution in [0.15, 0.2) is 12.4 Å². The van der Waals surface area contributed by atoms with E-state index in [1.54, 1.807) is 0 Å². The fourth-order valence-electron chi connectivity index (χ4n) is 1.89. The summed E-state index contributed by atoms with van der Waals surface area (Å²) in [4.78, 5) is 19.3. The van der Waals surface area contributed by atoms with Crippen LogP contribution in [-0.4, -0.2) is 22.5 Å². The molecule has 4 nitrogen and oxygen atoms in total. The Kier molecular flexibility index (Phi) is 8.96. The van der Waals surface area contributed by atoms with E-state index in [-0.39, 0.29) is 10.8 Å². The van der Waals surface area contributed by atoms with Crippen LogP contribution in [0.25, 0.3) is 0 Å². The average molecular weight is 299 g/mol. The van der Waals surface area contributed by atoms with Gasteiger partial charge in [0.15, 0.2) is 5.69 Å². The third-order valence-corrected chi connectivity index (χ3v) is 3.26. The zero-order chi connectivity index (χ0) is 14.6. The minimum atomic E-state index is -0.433. The Labute approximate surface area is 125 Å². The largest absolute Gasteiger partial charge is 0.461 e. The number of carbonyl (C=O) groups excluding carboxylic acids is 1. The Hall–Kier alpha value is -1.16. The number of carbonyl (C=O) groups is 1. The van der Waals surface area contributed by atoms with Gasteiger partial charge in [-0.25, -0.2) is 14.8 Å². The molecule has 1 aromatic heterocycles. The van der Waals surface area contributed by atoms with Crippen molar-refractivity contribution in [3.63, 3.8) is 0 Å². The molecule has 0 bridgehead atoms. The number of rotatable bonds is 10. The van der Waals surface area contributed by atoms with Crippen LogP contribution in [0.1, 0.15) is 68.8 Å². The molecule has 0 fully saturated rings. The minimum Gasteiger partial charge on any atom is -0.461 e. The van der Waals surface area contributed by atoms with E-state index in [2.05, 4.69) is 16.9 Å². The summed E-state index contributed by atoms with van der Waals surface area (Å²) in [5.41, 5.74) is 0.203. The second kappa shape index (κ2) is 10.6. The first-order chi connectivity index (χ1) is 9.74. The quantitative estimate of drug-likeness (QED) is 0.474. The van der Waals surface area contributed by atoms with Gasteiger partial charge < -0.3 is 4.74 Å². The highest BCUT2D eigenvalue weighted by atomic mass is 35.5. The number of unbranched alkanes of at least 4 members (excludes halogenated alkanes) is 7. The van der Waals surface area contributed by atoms with Crippen LogP contribution >= 0.6 is 11.6 Å². The van der Waals surface area contributed by atoms with Gasteiger partial charge in [0.25, 0.3) is 0 Å². The Bertz CT molecular complexity index is 382. The normalized spacial score (nSPS) is 10.5.